The van der Waals surface area contributed by atoms with Crippen LogP contribution in [0.15, 0.2) is 35.7 Å². The van der Waals surface area contributed by atoms with E-state index >= 15 is 0 Å². The summed E-state index contributed by atoms with van der Waals surface area (Å²) in [4.78, 5) is 40.8. The molecule has 2 aromatic rings. The van der Waals surface area contributed by atoms with Crippen LogP contribution in [0.25, 0.3) is 6.08 Å². The molecule has 0 saturated heterocycles. The smallest absolute Gasteiger partial charge is 0.331 e. The number of esters is 1. The van der Waals surface area contributed by atoms with Crippen molar-refractivity contribution < 1.29 is 23.5 Å². The average Bonchev–Trinajstić information content (AvgIpc) is 3.10. The van der Waals surface area contributed by atoms with E-state index in [-0.39, 0.29) is 16.7 Å². The van der Waals surface area contributed by atoms with Crippen LogP contribution in [-0.4, -0.2) is 35.4 Å². The van der Waals surface area contributed by atoms with Gasteiger partial charge in [-0.1, -0.05) is 12.1 Å². The number of anilines is 2. The minimum atomic E-state index is -0.919. The summed E-state index contributed by atoms with van der Waals surface area (Å²) in [6.45, 7) is 4.98. The van der Waals surface area contributed by atoms with Crippen molar-refractivity contribution in [3.8, 4) is 0 Å². The van der Waals surface area contributed by atoms with Crippen LogP contribution in [0, 0.1) is 5.82 Å². The van der Waals surface area contributed by atoms with Crippen molar-refractivity contribution in [3.05, 3.63) is 47.2 Å². The number of nitrogens with zero attached hydrogens (tertiary/aromatic N) is 2. The van der Waals surface area contributed by atoms with Crippen molar-refractivity contribution in [1.29, 1.82) is 0 Å². The molecular weight excluding hydrogens is 385 g/mol. The maximum atomic E-state index is 14.1. The summed E-state index contributed by atoms with van der Waals surface area (Å²) in [6, 6.07) is 5.88. The van der Waals surface area contributed by atoms with Crippen molar-refractivity contribution in [2.45, 2.75) is 26.9 Å². The van der Waals surface area contributed by atoms with E-state index < -0.39 is 23.8 Å². The molecule has 1 N–H and O–H groups in total. The van der Waals surface area contributed by atoms with Gasteiger partial charge in [0.15, 0.2) is 11.2 Å². The molecule has 1 heterocycles. The third-order valence-corrected chi connectivity index (χ3v) is 4.36. The van der Waals surface area contributed by atoms with E-state index in [4.69, 9.17) is 4.74 Å². The maximum absolute atomic E-state index is 14.1. The zero-order chi connectivity index (χ0) is 20.7. The third kappa shape index (κ3) is 5.46. The lowest BCUT2D eigenvalue weighted by Crippen LogP contribution is -2.35. The van der Waals surface area contributed by atoms with Crippen LogP contribution >= 0.6 is 11.3 Å². The number of para-hydroxylation sites is 1. The Kier molecular flexibility index (Phi) is 7.39. The number of halogens is 1. The zero-order valence-electron chi connectivity index (χ0n) is 15.6. The van der Waals surface area contributed by atoms with E-state index in [1.165, 1.54) is 38.1 Å². The van der Waals surface area contributed by atoms with Crippen molar-refractivity contribution in [2.24, 2.45) is 0 Å². The summed E-state index contributed by atoms with van der Waals surface area (Å²) in [6.07, 6.45) is 1.61. The molecule has 0 saturated carbocycles. The molecule has 28 heavy (non-hydrogen) atoms. The van der Waals surface area contributed by atoms with Gasteiger partial charge in [0.1, 0.15) is 5.82 Å². The highest BCUT2D eigenvalue weighted by Gasteiger charge is 2.20. The molecule has 1 aromatic carbocycles. The maximum Gasteiger partial charge on any atom is 0.331 e. The summed E-state index contributed by atoms with van der Waals surface area (Å²) in [7, 11) is 0. The van der Waals surface area contributed by atoms with Crippen LogP contribution in [-0.2, 0) is 19.1 Å². The van der Waals surface area contributed by atoms with Gasteiger partial charge in [-0.3, -0.25) is 14.5 Å². The molecule has 0 unspecified atom stereocenters. The molecular formula is C19H20FN3O4S. The highest BCUT2D eigenvalue weighted by atomic mass is 32.1. The molecule has 0 radical (unpaired) electrons. The second-order valence-electron chi connectivity index (χ2n) is 5.67. The number of thiazole rings is 1. The van der Waals surface area contributed by atoms with Gasteiger partial charge in [0.2, 0.25) is 5.91 Å². The number of carbonyl (C=O) groups excluding carboxylic acids is 3. The minimum Gasteiger partial charge on any atom is -0.449 e. The van der Waals surface area contributed by atoms with Crippen molar-refractivity contribution in [1.82, 2.24) is 10.3 Å². The molecule has 0 aliphatic carbocycles. The molecule has 2 rings (SSSR count). The Morgan fingerprint density at radius 3 is 2.71 bits per heavy atom. The number of likely N-dealkylation sites (N-methyl/N-ethyl adjacent to an activating group) is 1. The molecule has 148 valence electrons. The van der Waals surface area contributed by atoms with Crippen molar-refractivity contribution >= 4 is 46.0 Å². The highest BCUT2D eigenvalue weighted by molar-refractivity contribution is 7.14. The number of benzene rings is 1. The number of aromatic nitrogens is 1. The number of nitrogens with one attached hydrogen (secondary N) is 1. The lowest BCUT2D eigenvalue weighted by molar-refractivity contribution is -0.150. The number of ether oxygens (including phenoxy) is 1. The Hall–Kier alpha value is -3.07. The predicted octanol–water partition coefficient (Wildman–Crippen LogP) is 3.05. The molecule has 2 amide bonds. The zero-order valence-corrected chi connectivity index (χ0v) is 16.5. The van der Waals surface area contributed by atoms with E-state index in [0.29, 0.717) is 12.2 Å². The van der Waals surface area contributed by atoms with Crippen LogP contribution in [0.3, 0.4) is 0 Å². The van der Waals surface area contributed by atoms with E-state index in [1.54, 1.807) is 18.4 Å². The molecule has 7 nitrogen and oxygen atoms in total. The number of rotatable bonds is 7. The lowest BCUT2D eigenvalue weighted by atomic mass is 10.3. The first kappa shape index (κ1) is 21.2. The molecule has 0 fully saturated rings. The minimum absolute atomic E-state index is 0.0926. The standard InChI is InChI=1S/C19H20FN3O4S/c1-4-21-18(26)12(2)27-17(25)10-9-14-11-28-19(22-14)23(13(3)24)16-8-6-5-7-15(16)20/h5-12H,4H2,1-3H3,(H,21,26)/b10-9+/t12-/m0/s1. The van der Waals surface area contributed by atoms with Crippen molar-refractivity contribution in [3.63, 3.8) is 0 Å². The Balaban J connectivity index is 2.11. The fourth-order valence-corrected chi connectivity index (χ4v) is 3.08. The summed E-state index contributed by atoms with van der Waals surface area (Å²) in [5.41, 5.74) is 0.486. The molecule has 9 heteroatoms. The SMILES string of the molecule is CCNC(=O)[C@H](C)OC(=O)/C=C/c1csc(N(C(C)=O)c2ccccc2F)n1. The van der Waals surface area contributed by atoms with E-state index in [0.717, 1.165) is 22.3 Å². The molecule has 0 bridgehead atoms. The Morgan fingerprint density at radius 1 is 1.36 bits per heavy atom. The van der Waals surface area contributed by atoms with Gasteiger partial charge < -0.3 is 10.1 Å². The average molecular weight is 405 g/mol. The number of hydrogen-bond donors (Lipinski definition) is 1. The van der Waals surface area contributed by atoms with E-state index in [2.05, 4.69) is 10.3 Å². The molecule has 0 spiro atoms. The first-order valence-corrected chi connectivity index (χ1v) is 9.38. The topological polar surface area (TPSA) is 88.6 Å². The van der Waals surface area contributed by atoms with Gasteiger partial charge in [-0.05, 0) is 32.1 Å². The monoisotopic (exact) mass is 405 g/mol. The molecule has 0 aliphatic heterocycles. The van der Waals surface area contributed by atoms with Crippen LogP contribution in [0.1, 0.15) is 26.5 Å². The Labute approximate surface area is 165 Å². The quantitative estimate of drug-likeness (QED) is 0.565. The normalized spacial score (nSPS) is 11.9. The third-order valence-electron chi connectivity index (χ3n) is 3.51. The van der Waals surface area contributed by atoms with Crippen LogP contribution in [0.2, 0.25) is 0 Å². The first-order chi connectivity index (χ1) is 13.3. The molecule has 1 aromatic heterocycles. The largest absolute Gasteiger partial charge is 0.449 e. The molecule has 1 atom stereocenters. The van der Waals surface area contributed by atoms with Crippen LogP contribution < -0.4 is 10.2 Å². The number of hydrogen-bond acceptors (Lipinski definition) is 6. The van der Waals surface area contributed by atoms with Gasteiger partial charge in [-0.25, -0.2) is 14.2 Å². The Morgan fingerprint density at radius 2 is 2.07 bits per heavy atom. The second kappa shape index (κ2) is 9.75. The van der Waals surface area contributed by atoms with Gasteiger partial charge in [0.05, 0.1) is 11.4 Å². The fourth-order valence-electron chi connectivity index (χ4n) is 2.23. The summed E-state index contributed by atoms with van der Waals surface area (Å²) in [5.74, 6) is -2.04. The van der Waals surface area contributed by atoms with Crippen molar-refractivity contribution in [2.75, 3.05) is 11.4 Å². The fraction of sp³-hybridized carbons (Fsp3) is 0.263. The summed E-state index contributed by atoms with van der Waals surface area (Å²) >= 11 is 1.13. The summed E-state index contributed by atoms with van der Waals surface area (Å²) < 4.78 is 19.1. The highest BCUT2D eigenvalue weighted by Crippen LogP contribution is 2.30. The predicted molar refractivity (Wildman–Crippen MR) is 105 cm³/mol. The van der Waals surface area contributed by atoms with Gasteiger partial charge in [-0.15, -0.1) is 11.3 Å². The number of carbonyl (C=O) groups is 3. The van der Waals surface area contributed by atoms with Gasteiger partial charge in [0.25, 0.3) is 5.91 Å². The first-order valence-electron chi connectivity index (χ1n) is 8.50. The Bertz CT molecular complexity index is 897. The molecule has 0 aliphatic rings. The van der Waals surface area contributed by atoms with Crippen LogP contribution in [0.4, 0.5) is 15.2 Å². The second-order valence-corrected chi connectivity index (χ2v) is 6.50. The summed E-state index contributed by atoms with van der Waals surface area (Å²) in [5, 5.41) is 4.43. The number of amides is 2. The lowest BCUT2D eigenvalue weighted by Gasteiger charge is -2.18. The van der Waals surface area contributed by atoms with E-state index in [1.807, 2.05) is 0 Å². The van der Waals surface area contributed by atoms with Crippen LogP contribution in [0.5, 0.6) is 0 Å². The van der Waals surface area contributed by atoms with Gasteiger partial charge >= 0.3 is 5.97 Å². The van der Waals surface area contributed by atoms with E-state index in [9.17, 15) is 18.8 Å². The van der Waals surface area contributed by atoms with Gasteiger partial charge in [-0.2, -0.15) is 0 Å². The van der Waals surface area contributed by atoms with Gasteiger partial charge in [0, 0.05) is 24.9 Å².